The Morgan fingerprint density at radius 1 is 1.50 bits per heavy atom. The Labute approximate surface area is 81.8 Å². The average Bonchev–Trinajstić information content (AvgIpc) is 2.61. The molecule has 0 bridgehead atoms. The van der Waals surface area contributed by atoms with Crippen LogP contribution in [0.15, 0.2) is 18.6 Å². The summed E-state index contributed by atoms with van der Waals surface area (Å²) in [6, 6.07) is 2.04. The zero-order valence-electron chi connectivity index (χ0n) is 7.94. The third-order valence-electron chi connectivity index (χ3n) is 2.08. The van der Waals surface area contributed by atoms with Gasteiger partial charge < -0.3 is 0 Å². The van der Waals surface area contributed by atoms with Gasteiger partial charge in [-0.25, -0.2) is 9.50 Å². The van der Waals surface area contributed by atoms with Gasteiger partial charge in [-0.05, 0) is 6.42 Å². The Balaban J connectivity index is 2.55. The van der Waals surface area contributed by atoms with Gasteiger partial charge in [0.1, 0.15) is 6.07 Å². The fraction of sp³-hybridized carbons (Fsp3) is 0.300. The van der Waals surface area contributed by atoms with Gasteiger partial charge in [0.2, 0.25) is 0 Å². The second-order valence-corrected chi connectivity index (χ2v) is 3.14. The highest BCUT2D eigenvalue weighted by molar-refractivity contribution is 5.47. The molecule has 0 fully saturated rings. The second-order valence-electron chi connectivity index (χ2n) is 3.14. The van der Waals surface area contributed by atoms with Gasteiger partial charge >= 0.3 is 0 Å². The van der Waals surface area contributed by atoms with E-state index in [0.29, 0.717) is 5.56 Å². The maximum atomic E-state index is 8.68. The van der Waals surface area contributed by atoms with Gasteiger partial charge in [0.25, 0.3) is 0 Å². The molecule has 0 aliphatic carbocycles. The zero-order valence-corrected chi connectivity index (χ0v) is 7.94. The number of rotatable bonds is 2. The monoisotopic (exact) mass is 186 g/mol. The number of hydrogen-bond acceptors (Lipinski definition) is 3. The minimum atomic E-state index is 0.531. The Hall–Kier alpha value is -1.89. The van der Waals surface area contributed by atoms with Gasteiger partial charge in [-0.3, -0.25) is 0 Å². The molecule has 0 unspecified atom stereocenters. The number of aryl methyl sites for hydroxylation is 1. The first kappa shape index (κ1) is 8.70. The SMILES string of the molecule is CCCc1cnn2cc(C#N)cnc12. The van der Waals surface area contributed by atoms with E-state index >= 15 is 0 Å². The molecule has 0 saturated heterocycles. The fourth-order valence-electron chi connectivity index (χ4n) is 1.43. The van der Waals surface area contributed by atoms with Crippen LogP contribution in [0.1, 0.15) is 24.5 Å². The molecule has 0 radical (unpaired) electrons. The quantitative estimate of drug-likeness (QED) is 0.715. The predicted octanol–water partition coefficient (Wildman–Crippen LogP) is 1.55. The molecule has 0 atom stereocenters. The van der Waals surface area contributed by atoms with Gasteiger partial charge in [-0.1, -0.05) is 13.3 Å². The van der Waals surface area contributed by atoms with E-state index in [-0.39, 0.29) is 0 Å². The topological polar surface area (TPSA) is 54.0 Å². The van der Waals surface area contributed by atoms with Crippen molar-refractivity contribution in [1.82, 2.24) is 14.6 Å². The second kappa shape index (κ2) is 3.46. The average molecular weight is 186 g/mol. The van der Waals surface area contributed by atoms with Crippen molar-refractivity contribution < 1.29 is 0 Å². The molecule has 70 valence electrons. The first-order chi connectivity index (χ1) is 6.85. The summed E-state index contributed by atoms with van der Waals surface area (Å²) in [5.41, 5.74) is 2.52. The van der Waals surface area contributed by atoms with Crippen LogP contribution in [0, 0.1) is 11.3 Å². The Morgan fingerprint density at radius 3 is 3.07 bits per heavy atom. The predicted molar refractivity (Wildman–Crippen MR) is 51.7 cm³/mol. The van der Waals surface area contributed by atoms with Crippen molar-refractivity contribution in [2.45, 2.75) is 19.8 Å². The highest BCUT2D eigenvalue weighted by Gasteiger charge is 2.04. The van der Waals surface area contributed by atoms with Crippen LogP contribution >= 0.6 is 0 Å². The normalized spacial score (nSPS) is 10.3. The smallest absolute Gasteiger partial charge is 0.158 e. The minimum Gasteiger partial charge on any atom is -0.235 e. The largest absolute Gasteiger partial charge is 0.235 e. The lowest BCUT2D eigenvalue weighted by Gasteiger charge is -1.95. The molecule has 0 N–H and O–H groups in total. The molecular weight excluding hydrogens is 176 g/mol. The molecule has 2 heterocycles. The van der Waals surface area contributed by atoms with Gasteiger partial charge in [0, 0.05) is 11.8 Å². The van der Waals surface area contributed by atoms with Crippen LogP contribution in [-0.2, 0) is 6.42 Å². The molecule has 0 spiro atoms. The van der Waals surface area contributed by atoms with Crippen molar-refractivity contribution in [1.29, 1.82) is 5.26 Å². The number of nitriles is 1. The van der Waals surface area contributed by atoms with E-state index in [2.05, 4.69) is 17.0 Å². The van der Waals surface area contributed by atoms with Gasteiger partial charge in [-0.2, -0.15) is 10.4 Å². The summed E-state index contributed by atoms with van der Waals surface area (Å²) in [4.78, 5) is 4.21. The third kappa shape index (κ3) is 1.33. The number of aromatic nitrogens is 3. The minimum absolute atomic E-state index is 0.531. The molecule has 0 aliphatic rings. The summed E-state index contributed by atoms with van der Waals surface area (Å²) in [6.45, 7) is 2.12. The first-order valence-corrected chi connectivity index (χ1v) is 4.57. The summed E-state index contributed by atoms with van der Waals surface area (Å²) in [5.74, 6) is 0. The van der Waals surface area contributed by atoms with Crippen molar-refractivity contribution in [3.05, 3.63) is 29.7 Å². The molecule has 0 amide bonds. The summed E-state index contributed by atoms with van der Waals surface area (Å²) in [6.07, 6.45) is 7.14. The number of hydrogen-bond donors (Lipinski definition) is 0. The van der Waals surface area contributed by atoms with E-state index in [4.69, 9.17) is 5.26 Å². The lowest BCUT2D eigenvalue weighted by atomic mass is 10.2. The van der Waals surface area contributed by atoms with Crippen LogP contribution in [0.2, 0.25) is 0 Å². The summed E-state index contributed by atoms with van der Waals surface area (Å²) in [5, 5.41) is 12.8. The highest BCUT2D eigenvalue weighted by Crippen LogP contribution is 2.10. The number of nitrogens with zero attached hydrogens (tertiary/aromatic N) is 4. The van der Waals surface area contributed by atoms with E-state index < -0.39 is 0 Å². The summed E-state index contributed by atoms with van der Waals surface area (Å²) < 4.78 is 1.66. The van der Waals surface area contributed by atoms with Crippen LogP contribution in [0.3, 0.4) is 0 Å². The molecular formula is C10H10N4. The van der Waals surface area contributed by atoms with Crippen molar-refractivity contribution in [2.24, 2.45) is 0 Å². The Bertz CT molecular complexity index is 492. The van der Waals surface area contributed by atoms with Crippen LogP contribution in [0.4, 0.5) is 0 Å². The van der Waals surface area contributed by atoms with E-state index in [1.54, 1.807) is 16.9 Å². The lowest BCUT2D eigenvalue weighted by molar-refractivity contribution is 0.923. The molecule has 0 aromatic carbocycles. The molecule has 4 heteroatoms. The fourth-order valence-corrected chi connectivity index (χ4v) is 1.43. The Morgan fingerprint density at radius 2 is 2.36 bits per heavy atom. The maximum absolute atomic E-state index is 8.68. The van der Waals surface area contributed by atoms with Crippen LogP contribution in [0.5, 0.6) is 0 Å². The molecule has 2 rings (SSSR count). The third-order valence-corrected chi connectivity index (χ3v) is 2.08. The lowest BCUT2D eigenvalue weighted by Crippen LogP contribution is -1.92. The Kier molecular flexibility index (Phi) is 2.15. The molecule has 0 aliphatic heterocycles. The molecule has 4 nitrogen and oxygen atoms in total. The van der Waals surface area contributed by atoms with E-state index in [0.717, 1.165) is 24.1 Å². The zero-order chi connectivity index (χ0) is 9.97. The van der Waals surface area contributed by atoms with Crippen molar-refractivity contribution in [2.75, 3.05) is 0 Å². The van der Waals surface area contributed by atoms with E-state index in [9.17, 15) is 0 Å². The molecule has 14 heavy (non-hydrogen) atoms. The number of fused-ring (bicyclic) bond motifs is 1. The maximum Gasteiger partial charge on any atom is 0.158 e. The molecule has 2 aromatic rings. The van der Waals surface area contributed by atoms with Crippen LogP contribution in [-0.4, -0.2) is 14.6 Å². The molecule has 2 aromatic heterocycles. The summed E-state index contributed by atoms with van der Waals surface area (Å²) >= 11 is 0. The van der Waals surface area contributed by atoms with Crippen molar-refractivity contribution >= 4 is 5.65 Å². The first-order valence-electron chi connectivity index (χ1n) is 4.57. The summed E-state index contributed by atoms with van der Waals surface area (Å²) in [7, 11) is 0. The van der Waals surface area contributed by atoms with Crippen LogP contribution < -0.4 is 0 Å². The van der Waals surface area contributed by atoms with Crippen LogP contribution in [0.25, 0.3) is 5.65 Å². The van der Waals surface area contributed by atoms with Crippen molar-refractivity contribution in [3.63, 3.8) is 0 Å². The van der Waals surface area contributed by atoms with E-state index in [1.807, 2.05) is 12.3 Å². The highest BCUT2D eigenvalue weighted by atomic mass is 15.2. The van der Waals surface area contributed by atoms with E-state index in [1.165, 1.54) is 0 Å². The van der Waals surface area contributed by atoms with Gasteiger partial charge in [0.15, 0.2) is 5.65 Å². The van der Waals surface area contributed by atoms with Crippen molar-refractivity contribution in [3.8, 4) is 6.07 Å². The molecule has 0 saturated carbocycles. The van der Waals surface area contributed by atoms with Gasteiger partial charge in [-0.15, -0.1) is 0 Å². The van der Waals surface area contributed by atoms with Gasteiger partial charge in [0.05, 0.1) is 18.0 Å². The standard InChI is InChI=1S/C10H10N4/c1-2-3-9-6-13-14-7-8(4-11)5-12-10(9)14/h5-7H,2-3H2,1H3.